The van der Waals surface area contributed by atoms with Gasteiger partial charge in [0.2, 0.25) is 5.69 Å². The maximum atomic E-state index is 8.19. The van der Waals surface area contributed by atoms with Crippen molar-refractivity contribution in [3.63, 3.8) is 0 Å². The zero-order valence-corrected chi connectivity index (χ0v) is 26.8. The SMILES string of the molecule is [C-]#[N+]c1c(-c2ccccc2)nc(-c2cccc(-n3c4cccc5ccc6c7ccccc7n(c7ccccc73)c6c54)c2)nc1-c1ccccc1. The number of benzene rings is 7. The predicted octanol–water partition coefficient (Wildman–Crippen LogP) is 11.7. The van der Waals surface area contributed by atoms with Gasteiger partial charge in [0.1, 0.15) is 0 Å². The van der Waals surface area contributed by atoms with E-state index in [1.807, 2.05) is 60.7 Å². The second-order valence-electron chi connectivity index (χ2n) is 12.5. The minimum atomic E-state index is 0.442. The number of aromatic nitrogens is 4. The van der Waals surface area contributed by atoms with Crippen LogP contribution in [0.1, 0.15) is 0 Å². The van der Waals surface area contributed by atoms with Gasteiger partial charge in [-0.2, -0.15) is 0 Å². The van der Waals surface area contributed by atoms with Gasteiger partial charge in [0.15, 0.2) is 5.82 Å². The molecule has 50 heavy (non-hydrogen) atoms. The number of rotatable bonds is 4. The van der Waals surface area contributed by atoms with Crippen molar-refractivity contribution in [3.8, 4) is 39.6 Å². The molecular weight excluding hydrogens is 611 g/mol. The van der Waals surface area contributed by atoms with Gasteiger partial charge < -0.3 is 8.97 Å². The van der Waals surface area contributed by atoms with Gasteiger partial charge in [0, 0.05) is 27.4 Å². The summed E-state index contributed by atoms with van der Waals surface area (Å²) < 4.78 is 4.80. The smallest absolute Gasteiger partial charge is 0.238 e. The van der Waals surface area contributed by atoms with E-state index in [1.54, 1.807) is 0 Å². The van der Waals surface area contributed by atoms with Crippen molar-refractivity contribution in [2.24, 2.45) is 0 Å². The quantitative estimate of drug-likeness (QED) is 0.180. The Kier molecular flexibility index (Phi) is 6.17. The average Bonchev–Trinajstić information content (AvgIpc) is 3.46. The van der Waals surface area contributed by atoms with Crippen LogP contribution in [0.2, 0.25) is 0 Å². The zero-order valence-electron chi connectivity index (χ0n) is 26.8. The van der Waals surface area contributed by atoms with E-state index in [2.05, 4.69) is 117 Å². The molecule has 10 rings (SSSR count). The maximum absolute atomic E-state index is 8.19. The Labute approximate surface area is 287 Å². The van der Waals surface area contributed by atoms with Gasteiger partial charge in [0.25, 0.3) is 0 Å². The average molecular weight is 638 g/mol. The summed E-state index contributed by atoms with van der Waals surface area (Å²) >= 11 is 0. The van der Waals surface area contributed by atoms with Crippen LogP contribution in [0.4, 0.5) is 5.69 Å². The molecule has 0 spiro atoms. The van der Waals surface area contributed by atoms with E-state index in [0.717, 1.165) is 38.9 Å². The van der Waals surface area contributed by atoms with Crippen molar-refractivity contribution in [2.45, 2.75) is 0 Å². The van der Waals surface area contributed by atoms with Gasteiger partial charge in [0.05, 0.1) is 45.5 Å². The highest BCUT2D eigenvalue weighted by Crippen LogP contribution is 2.41. The van der Waals surface area contributed by atoms with E-state index in [-0.39, 0.29) is 0 Å². The summed E-state index contributed by atoms with van der Waals surface area (Å²) in [7, 11) is 0. The molecule has 3 aromatic heterocycles. The van der Waals surface area contributed by atoms with Gasteiger partial charge in [-0.05, 0) is 52.9 Å². The van der Waals surface area contributed by atoms with Crippen LogP contribution in [0.5, 0.6) is 0 Å². The highest BCUT2D eigenvalue weighted by atomic mass is 15.0. The van der Waals surface area contributed by atoms with Crippen molar-refractivity contribution in [1.82, 2.24) is 18.9 Å². The van der Waals surface area contributed by atoms with Crippen LogP contribution < -0.4 is 0 Å². The summed E-state index contributed by atoms with van der Waals surface area (Å²) in [4.78, 5) is 14.2. The first-order chi connectivity index (χ1) is 24.8. The van der Waals surface area contributed by atoms with Crippen LogP contribution >= 0.6 is 0 Å². The molecule has 0 saturated heterocycles. The molecule has 0 radical (unpaired) electrons. The summed E-state index contributed by atoms with van der Waals surface area (Å²) in [6.07, 6.45) is 0. The molecule has 0 fully saturated rings. The fourth-order valence-corrected chi connectivity index (χ4v) is 7.56. The molecule has 3 heterocycles. The lowest BCUT2D eigenvalue weighted by Crippen LogP contribution is -2.00. The van der Waals surface area contributed by atoms with Crippen molar-refractivity contribution in [1.29, 1.82) is 0 Å². The molecule has 0 unspecified atom stereocenters. The van der Waals surface area contributed by atoms with E-state index in [0.29, 0.717) is 22.9 Å². The standard InChI is InChI=1S/C45H27N5/c1-46-43-41(30-14-4-2-5-15-30)47-45(48-42(43)31-16-6-3-7-17-31)32-19-12-20-33(28-32)49-37-23-10-11-24-38(37)50-36-22-9-8-21-34(36)35-27-26-29-18-13-25-39(49)40(29)44(35)50/h2-28H. The van der Waals surface area contributed by atoms with Crippen LogP contribution in [0.15, 0.2) is 164 Å². The first-order valence-electron chi connectivity index (χ1n) is 16.6. The van der Waals surface area contributed by atoms with Gasteiger partial charge in [-0.15, -0.1) is 0 Å². The molecular formula is C45H27N5. The molecule has 5 nitrogen and oxygen atoms in total. The lowest BCUT2D eigenvalue weighted by molar-refractivity contribution is 1.15. The predicted molar refractivity (Wildman–Crippen MR) is 205 cm³/mol. The molecule has 0 aliphatic carbocycles. The van der Waals surface area contributed by atoms with E-state index in [4.69, 9.17) is 16.5 Å². The molecule has 5 heteroatoms. The number of hydrogen-bond donors (Lipinski definition) is 0. The third-order valence-corrected chi connectivity index (χ3v) is 9.71. The zero-order chi connectivity index (χ0) is 33.2. The Hall–Kier alpha value is -7.03. The van der Waals surface area contributed by atoms with E-state index >= 15 is 0 Å². The van der Waals surface area contributed by atoms with Crippen LogP contribution in [-0.2, 0) is 0 Å². The fourth-order valence-electron chi connectivity index (χ4n) is 7.56. The summed E-state index contributed by atoms with van der Waals surface area (Å²) in [5.74, 6) is 0.567. The van der Waals surface area contributed by atoms with Crippen molar-refractivity contribution >= 4 is 54.8 Å². The topological polar surface area (TPSA) is 39.5 Å². The van der Waals surface area contributed by atoms with Gasteiger partial charge in [-0.1, -0.05) is 127 Å². The summed E-state index contributed by atoms with van der Waals surface area (Å²) in [5.41, 5.74) is 11.0. The molecule has 0 aliphatic heterocycles. The third kappa shape index (κ3) is 4.12. The lowest BCUT2D eigenvalue weighted by Gasteiger charge is -2.15. The van der Waals surface area contributed by atoms with Crippen molar-refractivity contribution in [2.75, 3.05) is 0 Å². The second kappa shape index (κ2) is 11.0. The molecule has 10 aromatic rings. The van der Waals surface area contributed by atoms with Gasteiger partial charge in [-0.3, -0.25) is 0 Å². The fraction of sp³-hybridized carbons (Fsp3) is 0. The molecule has 0 atom stereocenters. The largest absolute Gasteiger partial charge is 0.308 e. The van der Waals surface area contributed by atoms with E-state index < -0.39 is 0 Å². The van der Waals surface area contributed by atoms with Gasteiger partial charge >= 0.3 is 0 Å². The maximum Gasteiger partial charge on any atom is 0.238 e. The Morgan fingerprint density at radius 1 is 0.480 bits per heavy atom. The third-order valence-electron chi connectivity index (χ3n) is 9.71. The summed E-state index contributed by atoms with van der Waals surface area (Å²) in [6.45, 7) is 8.19. The molecule has 232 valence electrons. The monoisotopic (exact) mass is 637 g/mol. The molecule has 0 bridgehead atoms. The molecule has 0 amide bonds. The summed E-state index contributed by atoms with van der Waals surface area (Å²) in [6, 6.07) is 56.7. The Balaban J connectivity index is 1.30. The molecule has 0 saturated carbocycles. The lowest BCUT2D eigenvalue weighted by atomic mass is 10.0. The number of hydrogen-bond acceptors (Lipinski definition) is 2. The number of para-hydroxylation sites is 3. The first-order valence-corrected chi connectivity index (χ1v) is 16.6. The van der Waals surface area contributed by atoms with E-state index in [1.165, 1.54) is 32.6 Å². The second-order valence-corrected chi connectivity index (χ2v) is 12.5. The van der Waals surface area contributed by atoms with Crippen molar-refractivity contribution < 1.29 is 0 Å². The van der Waals surface area contributed by atoms with Crippen LogP contribution in [0.3, 0.4) is 0 Å². The highest BCUT2D eigenvalue weighted by Gasteiger charge is 2.21. The Morgan fingerprint density at radius 2 is 1.08 bits per heavy atom. The highest BCUT2D eigenvalue weighted by molar-refractivity contribution is 6.23. The van der Waals surface area contributed by atoms with Crippen LogP contribution in [0.25, 0.3) is 93.6 Å². The summed E-state index contributed by atoms with van der Waals surface area (Å²) in [5, 5.41) is 4.87. The minimum Gasteiger partial charge on any atom is -0.308 e. The van der Waals surface area contributed by atoms with Crippen LogP contribution in [-0.4, -0.2) is 18.9 Å². The Morgan fingerprint density at radius 3 is 1.80 bits per heavy atom. The number of fused-ring (bicyclic) bond motifs is 5. The van der Waals surface area contributed by atoms with Gasteiger partial charge in [-0.25, -0.2) is 14.8 Å². The molecule has 7 aromatic carbocycles. The minimum absolute atomic E-state index is 0.442. The number of nitrogens with zero attached hydrogens (tertiary/aromatic N) is 5. The normalized spacial score (nSPS) is 11.6. The molecule has 0 aliphatic rings. The van der Waals surface area contributed by atoms with E-state index in [9.17, 15) is 0 Å². The van der Waals surface area contributed by atoms with Crippen molar-refractivity contribution in [3.05, 3.63) is 175 Å². The molecule has 0 N–H and O–H groups in total. The first kappa shape index (κ1) is 28.0. The Bertz CT molecular complexity index is 2910. The van der Waals surface area contributed by atoms with Crippen LogP contribution in [0, 0.1) is 6.57 Å².